The third kappa shape index (κ3) is 4.56. The number of rotatable bonds is 5. The molecule has 0 N–H and O–H groups in total. The minimum absolute atomic E-state index is 0.0881. The van der Waals surface area contributed by atoms with Crippen molar-refractivity contribution >= 4 is 41.6 Å². The molecule has 0 aliphatic rings. The molecule has 1 aromatic carbocycles. The van der Waals surface area contributed by atoms with E-state index in [4.69, 9.17) is 20.2 Å². The van der Waals surface area contributed by atoms with Gasteiger partial charge in [0.15, 0.2) is 0 Å². The predicted octanol–water partition coefficient (Wildman–Crippen LogP) is 2.18. The van der Waals surface area contributed by atoms with Crippen LogP contribution in [0.3, 0.4) is 0 Å². The van der Waals surface area contributed by atoms with Gasteiger partial charge in [0.25, 0.3) is 9.05 Å². The van der Waals surface area contributed by atoms with Gasteiger partial charge >= 0.3 is 5.97 Å². The molecular formula is C10H10BrClO5S. The molecule has 1 rings (SSSR count). The number of carbonyl (C=O) groups excluding carboxylic acids is 1. The summed E-state index contributed by atoms with van der Waals surface area (Å²) in [6.07, 6.45) is 0. The van der Waals surface area contributed by atoms with E-state index < -0.39 is 15.0 Å². The maximum absolute atomic E-state index is 11.6. The number of esters is 1. The van der Waals surface area contributed by atoms with Crippen LogP contribution >= 0.6 is 26.6 Å². The van der Waals surface area contributed by atoms with E-state index in [-0.39, 0.29) is 23.7 Å². The fraction of sp³-hybridized carbons (Fsp3) is 0.300. The third-order valence-corrected chi connectivity index (χ3v) is 3.70. The molecule has 0 aliphatic heterocycles. The normalized spacial score (nSPS) is 11.3. The van der Waals surface area contributed by atoms with Gasteiger partial charge in [0.2, 0.25) is 0 Å². The SMILES string of the molecule is COCCOC(=O)c1cc(Br)cc(S(=O)(=O)Cl)c1. The van der Waals surface area contributed by atoms with E-state index in [1.165, 1.54) is 19.2 Å². The lowest BCUT2D eigenvalue weighted by molar-refractivity contribution is 0.0388. The topological polar surface area (TPSA) is 69.7 Å². The van der Waals surface area contributed by atoms with Gasteiger partial charge in [-0.1, -0.05) is 15.9 Å². The molecule has 0 saturated carbocycles. The highest BCUT2D eigenvalue weighted by Crippen LogP contribution is 2.22. The standard InChI is InChI=1S/C10H10BrClO5S/c1-16-2-3-17-10(13)7-4-8(11)6-9(5-7)18(12,14)15/h4-6H,2-3H2,1H3. The Bertz CT molecular complexity index is 543. The lowest BCUT2D eigenvalue weighted by Gasteiger charge is -2.06. The highest BCUT2D eigenvalue weighted by Gasteiger charge is 2.16. The lowest BCUT2D eigenvalue weighted by atomic mass is 10.2. The van der Waals surface area contributed by atoms with Gasteiger partial charge in [-0.15, -0.1) is 0 Å². The largest absolute Gasteiger partial charge is 0.460 e. The molecule has 1 aromatic rings. The first-order valence-electron chi connectivity index (χ1n) is 4.76. The van der Waals surface area contributed by atoms with Crippen LogP contribution in [0.1, 0.15) is 10.4 Å². The molecule has 0 bridgehead atoms. The zero-order chi connectivity index (χ0) is 13.8. The number of benzene rings is 1. The average molecular weight is 358 g/mol. The lowest BCUT2D eigenvalue weighted by Crippen LogP contribution is -2.10. The Labute approximate surface area is 118 Å². The molecule has 100 valence electrons. The molecule has 0 saturated heterocycles. The average Bonchev–Trinajstić information content (AvgIpc) is 2.27. The van der Waals surface area contributed by atoms with Crippen LogP contribution in [-0.4, -0.2) is 34.7 Å². The number of carbonyl (C=O) groups is 1. The first kappa shape index (κ1) is 15.4. The van der Waals surface area contributed by atoms with Crippen LogP contribution in [0.15, 0.2) is 27.6 Å². The molecule has 0 atom stereocenters. The number of methoxy groups -OCH3 is 1. The van der Waals surface area contributed by atoms with Gasteiger partial charge in [-0.3, -0.25) is 0 Å². The van der Waals surface area contributed by atoms with Crippen molar-refractivity contribution < 1.29 is 22.7 Å². The van der Waals surface area contributed by atoms with Crippen molar-refractivity contribution in [1.82, 2.24) is 0 Å². The van der Waals surface area contributed by atoms with Gasteiger partial charge in [0.1, 0.15) is 6.61 Å². The van der Waals surface area contributed by atoms with Crippen molar-refractivity contribution in [1.29, 1.82) is 0 Å². The van der Waals surface area contributed by atoms with Crippen LogP contribution in [0, 0.1) is 0 Å². The summed E-state index contributed by atoms with van der Waals surface area (Å²) in [7, 11) is 2.79. The van der Waals surface area contributed by atoms with Crippen molar-refractivity contribution in [2.24, 2.45) is 0 Å². The van der Waals surface area contributed by atoms with Gasteiger partial charge < -0.3 is 9.47 Å². The fourth-order valence-corrected chi connectivity index (χ4v) is 2.57. The maximum Gasteiger partial charge on any atom is 0.338 e. The summed E-state index contributed by atoms with van der Waals surface area (Å²) in [6, 6.07) is 3.90. The van der Waals surface area contributed by atoms with Crippen molar-refractivity contribution in [3.63, 3.8) is 0 Å². The molecule has 0 fully saturated rings. The summed E-state index contributed by atoms with van der Waals surface area (Å²) >= 11 is 3.10. The first-order chi connectivity index (χ1) is 8.34. The smallest absolute Gasteiger partial charge is 0.338 e. The van der Waals surface area contributed by atoms with E-state index in [0.717, 1.165) is 6.07 Å². The molecule has 0 radical (unpaired) electrons. The first-order valence-corrected chi connectivity index (χ1v) is 7.86. The Balaban J connectivity index is 2.96. The minimum Gasteiger partial charge on any atom is -0.460 e. The molecule has 0 aliphatic carbocycles. The number of hydrogen-bond donors (Lipinski definition) is 0. The van der Waals surface area contributed by atoms with Crippen molar-refractivity contribution in [3.05, 3.63) is 28.2 Å². The quantitative estimate of drug-likeness (QED) is 0.459. The summed E-state index contributed by atoms with van der Waals surface area (Å²) in [5, 5.41) is 0. The van der Waals surface area contributed by atoms with Gasteiger partial charge in [-0.25, -0.2) is 13.2 Å². The highest BCUT2D eigenvalue weighted by atomic mass is 79.9. The van der Waals surface area contributed by atoms with E-state index in [1.54, 1.807) is 0 Å². The van der Waals surface area contributed by atoms with E-state index in [0.29, 0.717) is 4.47 Å². The van der Waals surface area contributed by atoms with Gasteiger partial charge in [-0.2, -0.15) is 0 Å². The second-order valence-corrected chi connectivity index (χ2v) is 6.72. The van der Waals surface area contributed by atoms with E-state index in [1.807, 2.05) is 0 Å². The van der Waals surface area contributed by atoms with Gasteiger partial charge in [0.05, 0.1) is 17.1 Å². The van der Waals surface area contributed by atoms with Crippen molar-refractivity contribution in [2.45, 2.75) is 4.90 Å². The Hall–Kier alpha value is -0.630. The Morgan fingerprint density at radius 1 is 1.33 bits per heavy atom. The summed E-state index contributed by atoms with van der Waals surface area (Å²) in [5.74, 6) is -0.644. The molecule has 0 aromatic heterocycles. The molecule has 5 nitrogen and oxygen atoms in total. The zero-order valence-corrected chi connectivity index (χ0v) is 12.5. The molecule has 0 amide bonds. The van der Waals surface area contributed by atoms with Crippen LogP contribution in [0.2, 0.25) is 0 Å². The third-order valence-electron chi connectivity index (χ3n) is 1.91. The number of hydrogen-bond acceptors (Lipinski definition) is 5. The van der Waals surface area contributed by atoms with Crippen LogP contribution in [-0.2, 0) is 18.5 Å². The molecule has 0 unspecified atom stereocenters. The predicted molar refractivity (Wildman–Crippen MR) is 69.3 cm³/mol. The second kappa shape index (κ2) is 6.51. The number of ether oxygens (including phenoxy) is 2. The Morgan fingerprint density at radius 3 is 2.56 bits per heavy atom. The summed E-state index contributed by atoms with van der Waals surface area (Å²) < 4.78 is 32.4. The van der Waals surface area contributed by atoms with E-state index in [9.17, 15) is 13.2 Å². The summed E-state index contributed by atoms with van der Waals surface area (Å²) in [5.41, 5.74) is 0.0969. The van der Waals surface area contributed by atoms with Crippen LogP contribution in [0.25, 0.3) is 0 Å². The van der Waals surface area contributed by atoms with E-state index >= 15 is 0 Å². The van der Waals surface area contributed by atoms with E-state index in [2.05, 4.69) is 15.9 Å². The Morgan fingerprint density at radius 2 is 2.00 bits per heavy atom. The maximum atomic E-state index is 11.6. The molecular weight excluding hydrogens is 348 g/mol. The molecule has 8 heteroatoms. The number of halogens is 2. The van der Waals surface area contributed by atoms with Crippen LogP contribution in [0.5, 0.6) is 0 Å². The van der Waals surface area contributed by atoms with Crippen molar-refractivity contribution in [2.75, 3.05) is 20.3 Å². The van der Waals surface area contributed by atoms with Crippen LogP contribution in [0.4, 0.5) is 0 Å². The second-order valence-electron chi connectivity index (χ2n) is 3.24. The highest BCUT2D eigenvalue weighted by molar-refractivity contribution is 9.10. The zero-order valence-electron chi connectivity index (χ0n) is 9.35. The molecule has 18 heavy (non-hydrogen) atoms. The summed E-state index contributed by atoms with van der Waals surface area (Å²) in [4.78, 5) is 11.4. The fourth-order valence-electron chi connectivity index (χ4n) is 1.12. The summed E-state index contributed by atoms with van der Waals surface area (Å²) in [6.45, 7) is 0.352. The molecule has 0 heterocycles. The molecule has 0 spiro atoms. The van der Waals surface area contributed by atoms with Gasteiger partial charge in [-0.05, 0) is 18.2 Å². The van der Waals surface area contributed by atoms with Gasteiger partial charge in [0, 0.05) is 22.3 Å². The van der Waals surface area contributed by atoms with Crippen LogP contribution < -0.4 is 0 Å². The minimum atomic E-state index is -3.90. The monoisotopic (exact) mass is 356 g/mol. The Kier molecular flexibility index (Phi) is 5.58. The van der Waals surface area contributed by atoms with Crippen molar-refractivity contribution in [3.8, 4) is 0 Å².